The fourth-order valence-corrected chi connectivity index (χ4v) is 4.53. The Morgan fingerprint density at radius 1 is 1.38 bits per heavy atom. The van der Waals surface area contributed by atoms with Crippen molar-refractivity contribution in [3.63, 3.8) is 0 Å². The maximum absolute atomic E-state index is 12.8. The molecule has 132 valence electrons. The molecule has 4 atom stereocenters. The van der Waals surface area contributed by atoms with Crippen molar-refractivity contribution in [1.29, 1.82) is 0 Å². The molecule has 2 saturated heterocycles. The first-order valence-corrected chi connectivity index (χ1v) is 8.43. The lowest BCUT2D eigenvalue weighted by Gasteiger charge is -2.41. The van der Waals surface area contributed by atoms with E-state index in [0.29, 0.717) is 12.8 Å². The average molecular weight is 341 g/mol. The van der Waals surface area contributed by atoms with E-state index in [4.69, 9.17) is 0 Å². The fourth-order valence-electron chi connectivity index (χ4n) is 4.53. The minimum Gasteiger partial charge on any atom is -0.481 e. The van der Waals surface area contributed by atoms with Gasteiger partial charge in [0.2, 0.25) is 0 Å². The van der Waals surface area contributed by atoms with E-state index in [2.05, 4.69) is 5.32 Å². The number of carbonyl (C=O) groups is 1. The number of benzene rings is 1. The molecule has 3 rings (SSSR count). The third kappa shape index (κ3) is 3.04. The summed E-state index contributed by atoms with van der Waals surface area (Å²) in [6, 6.07) is 5.58. The molecule has 2 fully saturated rings. The van der Waals surface area contributed by atoms with E-state index in [9.17, 15) is 23.1 Å². The minimum absolute atomic E-state index is 0.0588. The van der Waals surface area contributed by atoms with Crippen LogP contribution in [0, 0.1) is 11.8 Å². The van der Waals surface area contributed by atoms with Gasteiger partial charge in [-0.2, -0.15) is 13.2 Å². The molecule has 0 aromatic heterocycles. The third-order valence-corrected chi connectivity index (χ3v) is 5.69. The van der Waals surface area contributed by atoms with Gasteiger partial charge in [0.15, 0.2) is 0 Å². The highest BCUT2D eigenvalue weighted by Gasteiger charge is 2.48. The fraction of sp³-hybridized carbons (Fsp3) is 0.611. The number of carboxylic acids is 1. The van der Waals surface area contributed by atoms with Gasteiger partial charge in [0.05, 0.1) is 11.5 Å². The monoisotopic (exact) mass is 341 g/mol. The first-order chi connectivity index (χ1) is 11.2. The van der Waals surface area contributed by atoms with Gasteiger partial charge in [-0.3, -0.25) is 4.79 Å². The van der Waals surface area contributed by atoms with Gasteiger partial charge in [0, 0.05) is 11.6 Å². The Labute approximate surface area is 139 Å². The average Bonchev–Trinajstić information content (AvgIpc) is 2.83. The van der Waals surface area contributed by atoms with Crippen LogP contribution in [-0.2, 0) is 16.5 Å². The second kappa shape index (κ2) is 6.06. The third-order valence-electron chi connectivity index (χ3n) is 5.69. The molecule has 2 heterocycles. The molecular formula is C18H22F3NO2. The highest BCUT2D eigenvalue weighted by molar-refractivity contribution is 5.70. The van der Waals surface area contributed by atoms with Gasteiger partial charge in [-0.1, -0.05) is 19.1 Å². The smallest absolute Gasteiger partial charge is 0.416 e. The second-order valence-corrected chi connectivity index (χ2v) is 7.09. The number of alkyl halides is 3. The highest BCUT2D eigenvalue weighted by atomic mass is 19.4. The number of piperidine rings is 1. The van der Waals surface area contributed by atoms with Crippen molar-refractivity contribution in [2.75, 3.05) is 0 Å². The number of carboxylic acid groups (broad SMARTS) is 1. The van der Waals surface area contributed by atoms with Gasteiger partial charge < -0.3 is 10.4 Å². The molecule has 2 unspecified atom stereocenters. The lowest BCUT2D eigenvalue weighted by atomic mass is 9.73. The summed E-state index contributed by atoms with van der Waals surface area (Å²) < 4.78 is 38.3. The Morgan fingerprint density at radius 2 is 2.04 bits per heavy atom. The summed E-state index contributed by atoms with van der Waals surface area (Å²) in [6.07, 6.45) is -0.487. The van der Waals surface area contributed by atoms with Gasteiger partial charge in [-0.05, 0) is 55.7 Å². The Morgan fingerprint density at radius 3 is 2.58 bits per heavy atom. The molecule has 0 saturated carbocycles. The predicted octanol–water partition coefficient (Wildman–Crippen LogP) is 4.17. The Hall–Kier alpha value is -1.56. The highest BCUT2D eigenvalue weighted by Crippen LogP contribution is 2.48. The lowest BCUT2D eigenvalue weighted by molar-refractivity contribution is -0.144. The summed E-state index contributed by atoms with van der Waals surface area (Å²) in [5, 5.41) is 13.0. The van der Waals surface area contributed by atoms with Crippen LogP contribution in [0.25, 0.3) is 0 Å². The van der Waals surface area contributed by atoms with Crippen LogP contribution < -0.4 is 5.32 Å². The van der Waals surface area contributed by atoms with Gasteiger partial charge in [0.25, 0.3) is 0 Å². The van der Waals surface area contributed by atoms with Crippen LogP contribution in [-0.4, -0.2) is 17.1 Å². The van der Waals surface area contributed by atoms with E-state index in [1.54, 1.807) is 12.1 Å². The molecule has 0 aliphatic carbocycles. The van der Waals surface area contributed by atoms with Crippen molar-refractivity contribution in [2.45, 2.75) is 56.8 Å². The summed E-state index contributed by atoms with van der Waals surface area (Å²) in [5.41, 5.74) is -0.204. The van der Waals surface area contributed by atoms with Crippen LogP contribution >= 0.6 is 0 Å². The molecule has 0 spiro atoms. The summed E-state index contributed by atoms with van der Waals surface area (Å²) >= 11 is 0. The number of rotatable bonds is 4. The summed E-state index contributed by atoms with van der Waals surface area (Å²) in [4.78, 5) is 11.5. The van der Waals surface area contributed by atoms with E-state index in [1.165, 1.54) is 0 Å². The van der Waals surface area contributed by atoms with E-state index >= 15 is 0 Å². The zero-order chi connectivity index (χ0) is 17.5. The maximum atomic E-state index is 12.8. The van der Waals surface area contributed by atoms with E-state index in [0.717, 1.165) is 37.0 Å². The van der Waals surface area contributed by atoms with Crippen LogP contribution in [0.3, 0.4) is 0 Å². The number of halogens is 3. The van der Waals surface area contributed by atoms with Crippen molar-refractivity contribution in [2.24, 2.45) is 11.8 Å². The van der Waals surface area contributed by atoms with Gasteiger partial charge in [0.1, 0.15) is 0 Å². The molecule has 2 bridgehead atoms. The Balaban J connectivity index is 1.87. The summed E-state index contributed by atoms with van der Waals surface area (Å²) in [7, 11) is 0. The van der Waals surface area contributed by atoms with E-state index in [1.807, 2.05) is 6.92 Å². The summed E-state index contributed by atoms with van der Waals surface area (Å²) in [6.45, 7) is 1.88. The molecule has 0 amide bonds. The lowest BCUT2D eigenvalue weighted by Crippen LogP contribution is -2.49. The van der Waals surface area contributed by atoms with Crippen molar-refractivity contribution in [1.82, 2.24) is 5.32 Å². The van der Waals surface area contributed by atoms with Crippen molar-refractivity contribution in [3.8, 4) is 0 Å². The topological polar surface area (TPSA) is 49.3 Å². The van der Waals surface area contributed by atoms with E-state index < -0.39 is 17.7 Å². The number of aliphatic carboxylic acids is 1. The zero-order valence-corrected chi connectivity index (χ0v) is 13.6. The Kier molecular flexibility index (Phi) is 4.36. The first-order valence-electron chi connectivity index (χ1n) is 8.43. The predicted molar refractivity (Wildman–Crippen MR) is 83.4 cm³/mol. The van der Waals surface area contributed by atoms with Crippen LogP contribution in [0.2, 0.25) is 0 Å². The Bertz CT molecular complexity index is 614. The minimum atomic E-state index is -4.34. The van der Waals surface area contributed by atoms with Crippen molar-refractivity contribution in [3.05, 3.63) is 35.4 Å². The van der Waals surface area contributed by atoms with Crippen molar-refractivity contribution >= 4 is 5.97 Å². The quantitative estimate of drug-likeness (QED) is 0.864. The van der Waals surface area contributed by atoms with Gasteiger partial charge in [-0.15, -0.1) is 0 Å². The van der Waals surface area contributed by atoms with Gasteiger partial charge >= 0.3 is 12.1 Å². The number of nitrogens with one attached hydrogen (secondary N) is 1. The molecule has 2 aliphatic rings. The van der Waals surface area contributed by atoms with Crippen LogP contribution in [0.4, 0.5) is 13.2 Å². The molecule has 2 aliphatic heterocycles. The first kappa shape index (κ1) is 17.3. The molecule has 6 heteroatoms. The number of hydrogen-bond donors (Lipinski definition) is 2. The second-order valence-electron chi connectivity index (χ2n) is 7.09. The largest absolute Gasteiger partial charge is 0.481 e. The molecule has 1 aromatic carbocycles. The maximum Gasteiger partial charge on any atom is 0.416 e. The molecule has 1 aromatic rings. The number of hydrogen-bond acceptors (Lipinski definition) is 2. The molecule has 2 N–H and O–H groups in total. The standard InChI is InChI=1S/C18H22F3NO2/c1-2-15(16(23)24)11-9-14-7-8-17(10-11,22-14)12-3-5-13(6-4-12)18(19,20)21/h3-6,11,14-15,22H,2,7-10H2,1H3,(H,23,24)/t11?,14-,15?,17+/m1/s1. The van der Waals surface area contributed by atoms with Crippen molar-refractivity contribution < 1.29 is 23.1 Å². The molecular weight excluding hydrogens is 319 g/mol. The molecule has 24 heavy (non-hydrogen) atoms. The van der Waals surface area contributed by atoms with Gasteiger partial charge in [-0.25, -0.2) is 0 Å². The zero-order valence-electron chi connectivity index (χ0n) is 13.6. The normalized spacial score (nSPS) is 31.0. The van der Waals surface area contributed by atoms with E-state index in [-0.39, 0.29) is 23.4 Å². The van der Waals surface area contributed by atoms with Crippen LogP contribution in [0.1, 0.15) is 50.2 Å². The molecule has 0 radical (unpaired) electrons. The summed E-state index contributed by atoms with van der Waals surface area (Å²) in [5.74, 6) is -1.10. The molecule has 3 nitrogen and oxygen atoms in total. The van der Waals surface area contributed by atoms with Crippen LogP contribution in [0.5, 0.6) is 0 Å². The number of fused-ring (bicyclic) bond motifs is 2. The van der Waals surface area contributed by atoms with Crippen LogP contribution in [0.15, 0.2) is 24.3 Å². The SMILES string of the molecule is CCC(C(=O)O)C1C[C@H]2CC[C@@](c3ccc(C(F)(F)F)cc3)(C1)N2.